The van der Waals surface area contributed by atoms with Gasteiger partial charge in [0.1, 0.15) is 22.3 Å². The normalized spacial score (nSPS) is 11.9. The first-order chi connectivity index (χ1) is 32.7. The van der Waals surface area contributed by atoms with Crippen LogP contribution in [-0.2, 0) is 0 Å². The molecule has 66 heavy (non-hydrogen) atoms. The molecule has 10 aromatic carbocycles. The first kappa shape index (κ1) is 36.5. The Morgan fingerprint density at radius 3 is 1.33 bits per heavy atom. The molecular formula is C61H37N3O2. The van der Waals surface area contributed by atoms with Gasteiger partial charge in [0.2, 0.25) is 0 Å². The number of para-hydroxylation sites is 6. The number of nitrogens with zero attached hydrogens (tertiary/aromatic N) is 3. The summed E-state index contributed by atoms with van der Waals surface area (Å²) in [5, 5.41) is 12.1. The molecule has 14 rings (SSSR count). The van der Waals surface area contributed by atoms with E-state index in [-0.39, 0.29) is 0 Å². The van der Waals surface area contributed by atoms with Gasteiger partial charge in [0.15, 0.2) is 0 Å². The summed E-state index contributed by atoms with van der Waals surface area (Å²) in [5.74, 6) is 0. The van der Waals surface area contributed by atoms with Crippen molar-refractivity contribution in [3.8, 4) is 33.6 Å². The number of furan rings is 2. The van der Waals surface area contributed by atoms with Crippen molar-refractivity contribution in [3.63, 3.8) is 0 Å². The monoisotopic (exact) mass is 843 g/mol. The summed E-state index contributed by atoms with van der Waals surface area (Å²) in [6.07, 6.45) is 6.26. The van der Waals surface area contributed by atoms with Gasteiger partial charge in [-0.15, -0.1) is 0 Å². The minimum Gasteiger partial charge on any atom is -0.455 e. The molecule has 4 aromatic heterocycles. The van der Waals surface area contributed by atoms with E-state index >= 15 is 0 Å². The average Bonchev–Trinajstić information content (AvgIpc) is 3.97. The van der Waals surface area contributed by atoms with Gasteiger partial charge < -0.3 is 18.0 Å². The highest BCUT2D eigenvalue weighted by atomic mass is 16.3. The van der Waals surface area contributed by atoms with Crippen LogP contribution >= 0.6 is 0 Å². The highest BCUT2D eigenvalue weighted by Crippen LogP contribution is 2.43. The van der Waals surface area contributed by atoms with Gasteiger partial charge in [-0.2, -0.15) is 0 Å². The maximum atomic E-state index is 6.66. The van der Waals surface area contributed by atoms with Crippen LogP contribution < -0.4 is 0 Å². The minimum absolute atomic E-state index is 0.880. The van der Waals surface area contributed by atoms with Crippen molar-refractivity contribution in [1.29, 1.82) is 0 Å². The summed E-state index contributed by atoms with van der Waals surface area (Å²) in [5.41, 5.74) is 13.0. The van der Waals surface area contributed by atoms with Crippen molar-refractivity contribution in [2.45, 2.75) is 0 Å². The molecule has 5 heteroatoms. The number of rotatable bonds is 4. The largest absolute Gasteiger partial charge is 0.455 e. The van der Waals surface area contributed by atoms with Gasteiger partial charge in [-0.05, 0) is 105 Å². The van der Waals surface area contributed by atoms with Gasteiger partial charge in [-0.25, -0.2) is 0 Å². The first-order valence-corrected chi connectivity index (χ1v) is 22.3. The Balaban J connectivity index is 1.16. The Labute approximate surface area is 377 Å². The van der Waals surface area contributed by atoms with Crippen molar-refractivity contribution < 1.29 is 8.83 Å². The molecule has 0 saturated carbocycles. The van der Waals surface area contributed by atoms with Crippen LogP contribution in [0.15, 0.2) is 234 Å². The summed E-state index contributed by atoms with van der Waals surface area (Å²) in [6, 6.07) is 73.5. The van der Waals surface area contributed by atoms with Crippen LogP contribution in [0.1, 0.15) is 0 Å². The lowest BCUT2D eigenvalue weighted by Gasteiger charge is -2.19. The van der Waals surface area contributed by atoms with E-state index in [1.807, 2.05) is 24.4 Å². The van der Waals surface area contributed by atoms with Crippen LogP contribution in [0.3, 0.4) is 0 Å². The molecule has 0 atom stereocenters. The molecule has 5 nitrogen and oxygen atoms in total. The number of pyridine rings is 1. The molecule has 0 aliphatic rings. The van der Waals surface area contributed by atoms with E-state index in [2.05, 4.69) is 210 Å². The predicted octanol–water partition coefficient (Wildman–Crippen LogP) is 16.7. The standard InChI is InChI=1S/C61H37N3O2/c1-3-14-40(15-4-1)63-32-33-64(41-16-5-2-6-17-41)56-37-54-53(36-55(56)63)52-35-39(43-21-12-23-50-47-19-8-10-26-58(47)66-61(43)50)28-30-45(52)44-29-27-38(34-51(44)48-24-13-31-62-59(48)54)42-20-11-22-49-46-18-7-9-25-57(46)65-60(42)49/h1-37H. The van der Waals surface area contributed by atoms with Gasteiger partial charge in [0.25, 0.3) is 0 Å². The molecule has 0 radical (unpaired) electrons. The third kappa shape index (κ3) is 5.50. The van der Waals surface area contributed by atoms with Crippen molar-refractivity contribution in [1.82, 2.24) is 14.1 Å². The summed E-state index contributed by atoms with van der Waals surface area (Å²) >= 11 is 0. The Kier molecular flexibility index (Phi) is 7.91. The average molecular weight is 844 g/mol. The lowest BCUT2D eigenvalue weighted by atomic mass is 9.91. The maximum absolute atomic E-state index is 6.66. The Morgan fingerprint density at radius 2 is 0.773 bits per heavy atom. The SMILES string of the molecule is c1ccc(-n2ccn(-c3ccccc3)c3cc4c(cc32)c2cc(-c3cccc5c3oc3ccccc35)ccc2c2ccc(-c3cccc5c3oc3ccccc35)cc2c2cccnc24)cc1. The molecule has 308 valence electrons. The molecule has 0 aliphatic heterocycles. The van der Waals surface area contributed by atoms with Crippen LogP contribution in [0.5, 0.6) is 0 Å². The second-order valence-corrected chi connectivity index (χ2v) is 17.1. The smallest absolute Gasteiger partial charge is 0.143 e. The molecule has 4 heterocycles. The van der Waals surface area contributed by atoms with Gasteiger partial charge in [0, 0.05) is 73.4 Å². The number of aromatic nitrogens is 3. The van der Waals surface area contributed by atoms with Gasteiger partial charge >= 0.3 is 0 Å². The fourth-order valence-electron chi connectivity index (χ4n) is 10.4. The number of benzene rings is 9. The molecule has 0 fully saturated rings. The van der Waals surface area contributed by atoms with Gasteiger partial charge in [0.05, 0.1) is 16.6 Å². The van der Waals surface area contributed by atoms with Crippen LogP contribution in [-0.4, -0.2) is 14.1 Å². The van der Waals surface area contributed by atoms with E-state index in [1.54, 1.807) is 0 Å². The molecular weight excluding hydrogens is 807 g/mol. The Morgan fingerprint density at radius 1 is 0.318 bits per heavy atom. The van der Waals surface area contributed by atoms with Crippen LogP contribution in [0.2, 0.25) is 0 Å². The van der Waals surface area contributed by atoms with Crippen molar-refractivity contribution in [2.75, 3.05) is 0 Å². The van der Waals surface area contributed by atoms with E-state index in [1.165, 1.54) is 0 Å². The highest BCUT2D eigenvalue weighted by Gasteiger charge is 2.19. The summed E-state index contributed by atoms with van der Waals surface area (Å²) < 4.78 is 17.9. The van der Waals surface area contributed by atoms with Crippen molar-refractivity contribution in [2.24, 2.45) is 0 Å². The Hall–Kier alpha value is -8.93. The zero-order chi connectivity index (χ0) is 43.3. The van der Waals surface area contributed by atoms with E-state index in [0.29, 0.717) is 0 Å². The van der Waals surface area contributed by atoms with Crippen LogP contribution in [0, 0.1) is 0 Å². The third-order valence-electron chi connectivity index (χ3n) is 13.5. The lowest BCUT2D eigenvalue weighted by molar-refractivity contribution is 0.669. The summed E-state index contributed by atoms with van der Waals surface area (Å²) in [6.45, 7) is 0. The summed E-state index contributed by atoms with van der Waals surface area (Å²) in [4.78, 5) is 5.30. The lowest BCUT2D eigenvalue weighted by Crippen LogP contribution is -2.05. The van der Waals surface area contributed by atoms with Crippen LogP contribution in [0.25, 0.3) is 132 Å². The van der Waals surface area contributed by atoms with Crippen LogP contribution in [0.4, 0.5) is 0 Å². The second kappa shape index (κ2) is 14.3. The predicted molar refractivity (Wildman–Crippen MR) is 273 cm³/mol. The topological polar surface area (TPSA) is 49.0 Å². The molecule has 0 saturated heterocycles. The zero-order valence-corrected chi connectivity index (χ0v) is 35.5. The summed E-state index contributed by atoms with van der Waals surface area (Å²) in [7, 11) is 0. The molecule has 0 spiro atoms. The fourth-order valence-corrected chi connectivity index (χ4v) is 10.4. The third-order valence-corrected chi connectivity index (χ3v) is 13.5. The van der Waals surface area contributed by atoms with E-state index in [9.17, 15) is 0 Å². The van der Waals surface area contributed by atoms with Gasteiger partial charge in [-0.3, -0.25) is 4.98 Å². The minimum atomic E-state index is 0.880. The molecule has 0 bridgehead atoms. The maximum Gasteiger partial charge on any atom is 0.143 e. The first-order valence-electron chi connectivity index (χ1n) is 22.3. The molecule has 0 unspecified atom stereocenters. The molecule has 14 aromatic rings. The molecule has 0 N–H and O–H groups in total. The number of fused-ring (bicyclic) bond motifs is 15. The Bertz CT molecular complexity index is 4340. The highest BCUT2D eigenvalue weighted by molar-refractivity contribution is 6.27. The quantitative estimate of drug-likeness (QED) is 0.177. The second-order valence-electron chi connectivity index (χ2n) is 17.1. The van der Waals surface area contributed by atoms with Gasteiger partial charge in [-0.1, -0.05) is 140 Å². The number of hydrogen-bond acceptors (Lipinski definition) is 3. The zero-order valence-electron chi connectivity index (χ0n) is 35.5. The van der Waals surface area contributed by atoms with Crippen molar-refractivity contribution in [3.05, 3.63) is 225 Å². The molecule has 0 aliphatic carbocycles. The fraction of sp³-hybridized carbons (Fsp3) is 0. The molecule has 0 amide bonds. The van der Waals surface area contributed by atoms with Crippen molar-refractivity contribution >= 4 is 98.1 Å². The van der Waals surface area contributed by atoms with E-state index in [0.717, 1.165) is 132 Å². The van der Waals surface area contributed by atoms with E-state index in [4.69, 9.17) is 13.8 Å². The number of hydrogen-bond donors (Lipinski definition) is 0. The van der Waals surface area contributed by atoms with E-state index < -0.39 is 0 Å².